The molecule has 0 unspecified atom stereocenters. The minimum absolute atomic E-state index is 0. The van der Waals surface area contributed by atoms with Gasteiger partial charge in [-0.05, 0) is 25.5 Å². The van der Waals surface area contributed by atoms with E-state index in [2.05, 4.69) is 15.6 Å². The van der Waals surface area contributed by atoms with Gasteiger partial charge < -0.3 is 20.1 Å². The maximum atomic E-state index is 13.0. The number of halogens is 2. The number of aliphatic imine (C=N–C) groups is 1. The van der Waals surface area contributed by atoms with Gasteiger partial charge in [0.15, 0.2) is 5.96 Å². The van der Waals surface area contributed by atoms with Crippen LogP contribution in [0.4, 0.5) is 4.39 Å². The van der Waals surface area contributed by atoms with Gasteiger partial charge in [0.1, 0.15) is 18.2 Å². The summed E-state index contributed by atoms with van der Waals surface area (Å²) in [7, 11) is 1.71. The van der Waals surface area contributed by atoms with Crippen molar-refractivity contribution < 1.29 is 13.9 Å². The Labute approximate surface area is 148 Å². The zero-order chi connectivity index (χ0) is 15.3. The lowest BCUT2D eigenvalue weighted by atomic mass is 10.3. The monoisotopic (exact) mass is 425 g/mol. The molecule has 0 bridgehead atoms. The molecule has 0 aliphatic carbocycles. The standard InChI is InChI=1S/C15H24FN3O2.HI/c1-3-20-10-5-8-18-15(17-2)19-9-11-21-14-7-4-6-13(16)12-14;/h4,6-7,12H,3,5,8-11H2,1-2H3,(H2,17,18,19);1H. The van der Waals surface area contributed by atoms with Crippen molar-refractivity contribution in [2.24, 2.45) is 4.99 Å². The Morgan fingerprint density at radius 2 is 2.00 bits per heavy atom. The van der Waals surface area contributed by atoms with E-state index in [9.17, 15) is 4.39 Å². The van der Waals surface area contributed by atoms with Crippen LogP contribution in [0.25, 0.3) is 0 Å². The quantitative estimate of drug-likeness (QED) is 0.276. The summed E-state index contributed by atoms with van der Waals surface area (Å²) < 4.78 is 23.6. The number of benzene rings is 1. The molecule has 0 aliphatic rings. The van der Waals surface area contributed by atoms with Gasteiger partial charge in [0.25, 0.3) is 0 Å². The summed E-state index contributed by atoms with van der Waals surface area (Å²) >= 11 is 0. The lowest BCUT2D eigenvalue weighted by Gasteiger charge is -2.12. The Morgan fingerprint density at radius 3 is 2.68 bits per heavy atom. The Morgan fingerprint density at radius 1 is 1.23 bits per heavy atom. The molecule has 0 fully saturated rings. The van der Waals surface area contributed by atoms with Gasteiger partial charge in [-0.2, -0.15) is 0 Å². The van der Waals surface area contributed by atoms with Crippen LogP contribution in [0.3, 0.4) is 0 Å². The van der Waals surface area contributed by atoms with Crippen molar-refractivity contribution in [3.8, 4) is 5.75 Å². The van der Waals surface area contributed by atoms with Gasteiger partial charge in [0.05, 0.1) is 6.54 Å². The van der Waals surface area contributed by atoms with E-state index in [0.717, 1.165) is 26.2 Å². The number of ether oxygens (including phenoxy) is 2. The Kier molecular flexibility index (Phi) is 12.9. The third-order valence-electron chi connectivity index (χ3n) is 2.64. The Hall–Kier alpha value is -1.09. The number of hydrogen-bond acceptors (Lipinski definition) is 3. The minimum Gasteiger partial charge on any atom is -0.492 e. The predicted octanol–water partition coefficient (Wildman–Crippen LogP) is 2.41. The predicted molar refractivity (Wildman–Crippen MR) is 97.8 cm³/mol. The molecule has 0 aromatic heterocycles. The van der Waals surface area contributed by atoms with Gasteiger partial charge in [-0.1, -0.05) is 6.07 Å². The third kappa shape index (κ3) is 9.78. The third-order valence-corrected chi connectivity index (χ3v) is 2.64. The molecule has 1 aromatic carbocycles. The first-order valence-corrected chi connectivity index (χ1v) is 7.17. The summed E-state index contributed by atoms with van der Waals surface area (Å²) in [5.41, 5.74) is 0. The van der Waals surface area contributed by atoms with Crippen LogP contribution in [0.15, 0.2) is 29.3 Å². The van der Waals surface area contributed by atoms with Crippen molar-refractivity contribution in [1.82, 2.24) is 10.6 Å². The van der Waals surface area contributed by atoms with Gasteiger partial charge >= 0.3 is 0 Å². The highest BCUT2D eigenvalue weighted by atomic mass is 127. The second-order valence-electron chi connectivity index (χ2n) is 4.28. The van der Waals surface area contributed by atoms with E-state index in [0.29, 0.717) is 24.9 Å². The maximum Gasteiger partial charge on any atom is 0.191 e. The summed E-state index contributed by atoms with van der Waals surface area (Å²) in [6.45, 7) is 5.27. The van der Waals surface area contributed by atoms with Crippen molar-refractivity contribution in [3.63, 3.8) is 0 Å². The van der Waals surface area contributed by atoms with Gasteiger partial charge in [-0.15, -0.1) is 24.0 Å². The van der Waals surface area contributed by atoms with Gasteiger partial charge in [-0.25, -0.2) is 4.39 Å². The van der Waals surface area contributed by atoms with Crippen LogP contribution in [0.5, 0.6) is 5.75 Å². The van der Waals surface area contributed by atoms with Crippen LogP contribution in [0.2, 0.25) is 0 Å². The van der Waals surface area contributed by atoms with Crippen LogP contribution < -0.4 is 15.4 Å². The molecule has 1 rings (SSSR count). The fraction of sp³-hybridized carbons (Fsp3) is 0.533. The molecule has 0 radical (unpaired) electrons. The fourth-order valence-electron chi connectivity index (χ4n) is 1.64. The van der Waals surface area contributed by atoms with Crippen LogP contribution in [0, 0.1) is 5.82 Å². The van der Waals surface area contributed by atoms with Gasteiger partial charge in [0.2, 0.25) is 0 Å². The highest BCUT2D eigenvalue weighted by molar-refractivity contribution is 14.0. The van der Waals surface area contributed by atoms with Crippen LogP contribution in [0.1, 0.15) is 13.3 Å². The van der Waals surface area contributed by atoms with Crippen molar-refractivity contribution in [2.75, 3.05) is 40.0 Å². The number of rotatable bonds is 9. The van der Waals surface area contributed by atoms with Gasteiger partial charge in [0, 0.05) is 32.9 Å². The molecule has 5 nitrogen and oxygen atoms in total. The lowest BCUT2D eigenvalue weighted by molar-refractivity contribution is 0.145. The van der Waals surface area contributed by atoms with E-state index in [1.54, 1.807) is 19.2 Å². The van der Waals surface area contributed by atoms with E-state index in [4.69, 9.17) is 9.47 Å². The van der Waals surface area contributed by atoms with E-state index >= 15 is 0 Å². The average Bonchev–Trinajstić information content (AvgIpc) is 2.49. The Bertz CT molecular complexity index is 433. The van der Waals surface area contributed by atoms with Crippen LogP contribution >= 0.6 is 24.0 Å². The van der Waals surface area contributed by atoms with Crippen molar-refractivity contribution in [2.45, 2.75) is 13.3 Å². The van der Waals surface area contributed by atoms with Crippen molar-refractivity contribution >= 4 is 29.9 Å². The largest absolute Gasteiger partial charge is 0.492 e. The first kappa shape index (κ1) is 20.9. The lowest BCUT2D eigenvalue weighted by Crippen LogP contribution is -2.39. The summed E-state index contributed by atoms with van der Waals surface area (Å²) in [4.78, 5) is 4.10. The van der Waals surface area contributed by atoms with Crippen molar-refractivity contribution in [3.05, 3.63) is 30.1 Å². The Balaban J connectivity index is 0.00000441. The van der Waals surface area contributed by atoms with Gasteiger partial charge in [-0.3, -0.25) is 4.99 Å². The van der Waals surface area contributed by atoms with E-state index in [1.165, 1.54) is 12.1 Å². The minimum atomic E-state index is -0.299. The molecule has 0 saturated carbocycles. The molecule has 0 amide bonds. The molecular weight excluding hydrogens is 400 g/mol. The molecule has 2 N–H and O–H groups in total. The topological polar surface area (TPSA) is 54.9 Å². The summed E-state index contributed by atoms with van der Waals surface area (Å²) in [6.07, 6.45) is 0.925. The first-order valence-electron chi connectivity index (χ1n) is 7.17. The number of guanidine groups is 1. The SMILES string of the molecule is CCOCCCNC(=NC)NCCOc1cccc(F)c1.I. The summed E-state index contributed by atoms with van der Waals surface area (Å²) in [5.74, 6) is 0.943. The summed E-state index contributed by atoms with van der Waals surface area (Å²) in [6, 6.07) is 6.10. The van der Waals surface area contributed by atoms with E-state index < -0.39 is 0 Å². The number of hydrogen-bond donors (Lipinski definition) is 2. The molecule has 22 heavy (non-hydrogen) atoms. The molecule has 7 heteroatoms. The molecule has 0 saturated heterocycles. The zero-order valence-electron chi connectivity index (χ0n) is 13.1. The fourth-order valence-corrected chi connectivity index (χ4v) is 1.64. The highest BCUT2D eigenvalue weighted by Gasteiger charge is 1.98. The van der Waals surface area contributed by atoms with Crippen LogP contribution in [-0.4, -0.2) is 45.9 Å². The molecule has 126 valence electrons. The number of nitrogens with zero attached hydrogens (tertiary/aromatic N) is 1. The molecule has 0 aliphatic heterocycles. The van der Waals surface area contributed by atoms with E-state index in [-0.39, 0.29) is 29.8 Å². The molecular formula is C15H25FIN3O2. The van der Waals surface area contributed by atoms with Crippen molar-refractivity contribution in [1.29, 1.82) is 0 Å². The normalized spacial score (nSPS) is 10.8. The average molecular weight is 425 g/mol. The molecule has 0 atom stereocenters. The first-order chi connectivity index (χ1) is 10.3. The smallest absolute Gasteiger partial charge is 0.191 e. The second-order valence-corrected chi connectivity index (χ2v) is 4.28. The van der Waals surface area contributed by atoms with Crippen LogP contribution in [-0.2, 0) is 4.74 Å². The maximum absolute atomic E-state index is 13.0. The molecule has 0 heterocycles. The highest BCUT2D eigenvalue weighted by Crippen LogP contribution is 2.11. The summed E-state index contributed by atoms with van der Waals surface area (Å²) in [5, 5.41) is 6.30. The van der Waals surface area contributed by atoms with E-state index in [1.807, 2.05) is 6.92 Å². The molecule has 0 spiro atoms. The zero-order valence-corrected chi connectivity index (χ0v) is 15.4. The second kappa shape index (κ2) is 13.6. The number of nitrogens with one attached hydrogen (secondary N) is 2. The molecule has 1 aromatic rings.